The Balaban J connectivity index is 1.81. The number of rotatable bonds is 6. The number of ether oxygens (including phenoxy) is 1. The summed E-state index contributed by atoms with van der Waals surface area (Å²) in [6, 6.07) is 10.3. The molecule has 6 heteroatoms. The Kier molecular flexibility index (Phi) is 5.83. The van der Waals surface area contributed by atoms with Crippen LogP contribution in [0, 0.1) is 0 Å². The minimum atomic E-state index is -3.42. The number of benzene rings is 1. The fourth-order valence-electron chi connectivity index (χ4n) is 4.34. The summed E-state index contributed by atoms with van der Waals surface area (Å²) in [5, 5.41) is 0. The lowest BCUT2D eigenvalue weighted by atomic mass is 9.87. The van der Waals surface area contributed by atoms with E-state index in [2.05, 4.69) is 19.1 Å². The predicted molar refractivity (Wildman–Crippen MR) is 99.6 cm³/mol. The van der Waals surface area contributed by atoms with Crippen LogP contribution in [0.4, 0.5) is 0 Å². The lowest BCUT2D eigenvalue weighted by molar-refractivity contribution is 0.0580. The van der Waals surface area contributed by atoms with Gasteiger partial charge in [0.15, 0.2) is 0 Å². The molecule has 0 radical (unpaired) electrons. The van der Waals surface area contributed by atoms with Crippen LogP contribution in [-0.4, -0.2) is 55.4 Å². The molecule has 0 aliphatic carbocycles. The lowest BCUT2D eigenvalue weighted by Crippen LogP contribution is -2.55. The maximum absolute atomic E-state index is 13.4. The first kappa shape index (κ1) is 18.8. The molecule has 140 valence electrons. The Labute approximate surface area is 152 Å². The first-order valence-corrected chi connectivity index (χ1v) is 10.8. The quantitative estimate of drug-likeness (QED) is 0.778. The molecule has 0 spiro atoms. The molecule has 0 amide bonds. The Morgan fingerprint density at radius 1 is 1.16 bits per heavy atom. The molecule has 2 aliphatic rings. The minimum Gasteiger partial charge on any atom is -0.381 e. The summed E-state index contributed by atoms with van der Waals surface area (Å²) >= 11 is 0. The van der Waals surface area contributed by atoms with E-state index in [1.54, 1.807) is 15.7 Å². The first-order valence-electron chi connectivity index (χ1n) is 9.36. The summed E-state index contributed by atoms with van der Waals surface area (Å²) < 4.78 is 35.6. The van der Waals surface area contributed by atoms with Crippen molar-refractivity contribution in [3.63, 3.8) is 0 Å². The van der Waals surface area contributed by atoms with Crippen LogP contribution in [-0.2, 0) is 21.4 Å². The van der Waals surface area contributed by atoms with Crippen LogP contribution in [0.5, 0.6) is 0 Å². The average Bonchev–Trinajstić information content (AvgIpc) is 3.07. The molecule has 5 nitrogen and oxygen atoms in total. The molecule has 0 aromatic heterocycles. The molecule has 1 aromatic rings. The molecule has 25 heavy (non-hydrogen) atoms. The van der Waals surface area contributed by atoms with Crippen molar-refractivity contribution in [2.24, 2.45) is 0 Å². The number of methoxy groups -OCH3 is 1. The van der Waals surface area contributed by atoms with E-state index in [1.165, 1.54) is 5.56 Å². The Morgan fingerprint density at radius 2 is 1.84 bits per heavy atom. The van der Waals surface area contributed by atoms with Crippen LogP contribution < -0.4 is 0 Å². The van der Waals surface area contributed by atoms with Crippen LogP contribution in [0.15, 0.2) is 30.3 Å². The summed E-state index contributed by atoms with van der Waals surface area (Å²) in [5.74, 6) is 0. The van der Waals surface area contributed by atoms with Gasteiger partial charge >= 0.3 is 0 Å². The van der Waals surface area contributed by atoms with E-state index in [1.807, 2.05) is 18.2 Å². The van der Waals surface area contributed by atoms with Gasteiger partial charge in [-0.1, -0.05) is 37.3 Å². The number of hydrogen-bond acceptors (Lipinski definition) is 3. The molecule has 2 aliphatic heterocycles. The van der Waals surface area contributed by atoms with Crippen molar-refractivity contribution in [1.82, 2.24) is 8.61 Å². The summed E-state index contributed by atoms with van der Waals surface area (Å²) in [7, 11) is -1.72. The van der Waals surface area contributed by atoms with E-state index in [9.17, 15) is 8.42 Å². The first-order chi connectivity index (χ1) is 12.0. The van der Waals surface area contributed by atoms with Gasteiger partial charge in [-0.2, -0.15) is 17.0 Å². The van der Waals surface area contributed by atoms with Crippen molar-refractivity contribution in [1.29, 1.82) is 0 Å². The van der Waals surface area contributed by atoms with Crippen molar-refractivity contribution < 1.29 is 13.2 Å². The van der Waals surface area contributed by atoms with Gasteiger partial charge in [-0.25, -0.2) is 0 Å². The third-order valence-electron chi connectivity index (χ3n) is 5.91. The Morgan fingerprint density at radius 3 is 2.44 bits per heavy atom. The van der Waals surface area contributed by atoms with Crippen molar-refractivity contribution in [3.05, 3.63) is 35.9 Å². The van der Waals surface area contributed by atoms with E-state index < -0.39 is 10.2 Å². The van der Waals surface area contributed by atoms with Crippen LogP contribution in [0.3, 0.4) is 0 Å². The second-order valence-electron chi connectivity index (χ2n) is 7.26. The molecule has 1 atom stereocenters. The highest BCUT2D eigenvalue weighted by Gasteiger charge is 2.48. The zero-order valence-corrected chi connectivity index (χ0v) is 16.2. The molecule has 0 N–H and O–H groups in total. The van der Waals surface area contributed by atoms with Crippen LogP contribution in [0.25, 0.3) is 0 Å². The molecular formula is C19H30N2O3S. The van der Waals surface area contributed by atoms with Crippen molar-refractivity contribution in [2.45, 2.75) is 57.1 Å². The minimum absolute atomic E-state index is 0.185. The number of hydrogen-bond donors (Lipinski definition) is 0. The van der Waals surface area contributed by atoms with Crippen LogP contribution >= 0.6 is 0 Å². The van der Waals surface area contributed by atoms with Crippen molar-refractivity contribution in [3.8, 4) is 0 Å². The molecule has 0 saturated carbocycles. The largest absolute Gasteiger partial charge is 0.381 e. The van der Waals surface area contributed by atoms with E-state index in [-0.39, 0.29) is 11.6 Å². The average molecular weight is 367 g/mol. The Bertz CT molecular complexity index is 657. The van der Waals surface area contributed by atoms with Gasteiger partial charge in [0.05, 0.1) is 6.10 Å². The zero-order valence-electron chi connectivity index (χ0n) is 15.4. The number of piperidine rings is 1. The van der Waals surface area contributed by atoms with Crippen LogP contribution in [0.1, 0.15) is 44.6 Å². The second-order valence-corrected chi connectivity index (χ2v) is 9.11. The molecule has 2 fully saturated rings. The summed E-state index contributed by atoms with van der Waals surface area (Å²) in [6.07, 6.45) is 5.25. The van der Waals surface area contributed by atoms with Gasteiger partial charge in [0.2, 0.25) is 0 Å². The third-order valence-corrected chi connectivity index (χ3v) is 8.05. The monoisotopic (exact) mass is 366 g/mol. The highest BCUT2D eigenvalue weighted by molar-refractivity contribution is 7.86. The second kappa shape index (κ2) is 7.74. The van der Waals surface area contributed by atoms with Gasteiger partial charge in [0.1, 0.15) is 0 Å². The van der Waals surface area contributed by atoms with Gasteiger partial charge < -0.3 is 4.74 Å². The van der Waals surface area contributed by atoms with Crippen molar-refractivity contribution in [2.75, 3.05) is 26.7 Å². The maximum Gasteiger partial charge on any atom is 0.282 e. The van der Waals surface area contributed by atoms with E-state index in [0.717, 1.165) is 38.5 Å². The van der Waals surface area contributed by atoms with Gasteiger partial charge in [-0.15, -0.1) is 0 Å². The fraction of sp³-hybridized carbons (Fsp3) is 0.684. The van der Waals surface area contributed by atoms with Crippen molar-refractivity contribution >= 4 is 10.2 Å². The Hall–Kier alpha value is -0.950. The van der Waals surface area contributed by atoms with Crippen LogP contribution in [0.2, 0.25) is 0 Å². The van der Waals surface area contributed by atoms with Gasteiger partial charge in [0, 0.05) is 32.3 Å². The summed E-state index contributed by atoms with van der Waals surface area (Å²) in [5.41, 5.74) is 0.919. The molecular weight excluding hydrogens is 336 g/mol. The highest BCUT2D eigenvalue weighted by atomic mass is 32.2. The topological polar surface area (TPSA) is 49.9 Å². The fourth-order valence-corrected chi connectivity index (χ4v) is 6.43. The zero-order chi connectivity index (χ0) is 17.9. The summed E-state index contributed by atoms with van der Waals surface area (Å²) in [4.78, 5) is 0. The molecule has 1 unspecified atom stereocenters. The molecule has 2 saturated heterocycles. The summed E-state index contributed by atoms with van der Waals surface area (Å²) in [6.45, 7) is 3.87. The third kappa shape index (κ3) is 3.77. The van der Waals surface area contributed by atoms with Gasteiger partial charge in [-0.05, 0) is 44.1 Å². The molecule has 2 heterocycles. The highest BCUT2D eigenvalue weighted by Crippen LogP contribution is 2.39. The van der Waals surface area contributed by atoms with E-state index in [4.69, 9.17) is 4.74 Å². The van der Waals surface area contributed by atoms with E-state index >= 15 is 0 Å². The lowest BCUT2D eigenvalue weighted by Gasteiger charge is -2.41. The predicted octanol–water partition coefficient (Wildman–Crippen LogP) is 2.83. The number of nitrogens with zero attached hydrogens (tertiary/aromatic N) is 2. The normalized spacial score (nSPS) is 27.0. The van der Waals surface area contributed by atoms with E-state index in [0.29, 0.717) is 19.6 Å². The molecule has 0 bridgehead atoms. The smallest absolute Gasteiger partial charge is 0.282 e. The maximum atomic E-state index is 13.4. The molecule has 1 aromatic carbocycles. The van der Waals surface area contributed by atoms with Gasteiger partial charge in [0.25, 0.3) is 10.2 Å². The standard InChI is InChI=1S/C19H30N2O3S/c1-3-19(16-17-8-5-4-6-9-17)12-7-13-21(19)25(22,23)20-14-10-18(24-2)11-15-20/h4-6,8-9,18H,3,7,10-16H2,1-2H3. The SMILES string of the molecule is CCC1(Cc2ccccc2)CCCN1S(=O)(=O)N1CCC(OC)CC1. The molecule has 3 rings (SSSR count). The van der Waals surface area contributed by atoms with Gasteiger partial charge in [-0.3, -0.25) is 0 Å².